The fraction of sp³-hybridized carbons (Fsp3) is 0.333. The zero-order valence-corrected chi connectivity index (χ0v) is 11.4. The minimum absolute atomic E-state index is 0.0124. The molecule has 1 aliphatic heterocycles. The molecule has 3 rings (SSSR count). The molecule has 0 radical (unpaired) electrons. The van der Waals surface area contributed by atoms with Gasteiger partial charge in [0.25, 0.3) is 5.91 Å². The van der Waals surface area contributed by atoms with Gasteiger partial charge in [0.2, 0.25) is 0 Å². The number of H-pyrrole nitrogens is 1. The summed E-state index contributed by atoms with van der Waals surface area (Å²) in [7, 11) is 0. The lowest BCUT2D eigenvalue weighted by Gasteiger charge is -2.26. The second kappa shape index (κ2) is 5.36. The van der Waals surface area contributed by atoms with Crippen LogP contribution in [0.3, 0.4) is 0 Å². The summed E-state index contributed by atoms with van der Waals surface area (Å²) in [5, 5.41) is 6.97. The summed E-state index contributed by atoms with van der Waals surface area (Å²) in [6.07, 6.45) is 2.61. The Kier molecular flexibility index (Phi) is 3.41. The smallest absolute Gasteiger partial charge is 0.260 e. The van der Waals surface area contributed by atoms with Gasteiger partial charge in [-0.15, -0.1) is 0 Å². The summed E-state index contributed by atoms with van der Waals surface area (Å²) in [6.45, 7) is 3.41. The number of hydrogen-bond donors (Lipinski definition) is 1. The molecule has 5 heteroatoms. The van der Waals surface area contributed by atoms with Crippen LogP contribution in [0.25, 0.3) is 0 Å². The van der Waals surface area contributed by atoms with Crippen molar-refractivity contribution in [1.82, 2.24) is 15.1 Å². The van der Waals surface area contributed by atoms with Gasteiger partial charge in [-0.3, -0.25) is 9.89 Å². The Labute approximate surface area is 117 Å². The van der Waals surface area contributed by atoms with Crippen LogP contribution < -0.4 is 4.74 Å². The van der Waals surface area contributed by atoms with Gasteiger partial charge in [-0.05, 0) is 24.6 Å². The summed E-state index contributed by atoms with van der Waals surface area (Å²) in [5.74, 6) is 0.748. The minimum atomic E-state index is 0.0124. The number of benzene rings is 1. The molecular weight excluding hydrogens is 254 g/mol. The maximum atomic E-state index is 12.2. The van der Waals surface area contributed by atoms with E-state index in [0.717, 1.165) is 29.0 Å². The number of aromatic amines is 1. The van der Waals surface area contributed by atoms with E-state index >= 15 is 0 Å². The number of fused-ring (bicyclic) bond motifs is 1. The summed E-state index contributed by atoms with van der Waals surface area (Å²) >= 11 is 0. The van der Waals surface area contributed by atoms with Gasteiger partial charge < -0.3 is 9.64 Å². The monoisotopic (exact) mass is 271 g/mol. The van der Waals surface area contributed by atoms with Gasteiger partial charge in [0, 0.05) is 30.8 Å². The first-order chi connectivity index (χ1) is 9.72. The average Bonchev–Trinajstić information content (AvgIpc) is 2.92. The van der Waals surface area contributed by atoms with E-state index in [9.17, 15) is 4.79 Å². The number of aryl methyl sites for hydroxylation is 1. The van der Waals surface area contributed by atoms with E-state index in [1.54, 1.807) is 6.20 Å². The Morgan fingerprint density at radius 3 is 3.25 bits per heavy atom. The normalized spacial score (nSPS) is 13.9. The molecule has 2 heterocycles. The Morgan fingerprint density at radius 2 is 2.40 bits per heavy atom. The summed E-state index contributed by atoms with van der Waals surface area (Å²) in [4.78, 5) is 14.0. The Morgan fingerprint density at radius 1 is 1.50 bits per heavy atom. The first-order valence-corrected chi connectivity index (χ1v) is 6.71. The van der Waals surface area contributed by atoms with Crippen molar-refractivity contribution in [2.45, 2.75) is 19.9 Å². The van der Waals surface area contributed by atoms with E-state index in [1.807, 2.05) is 36.1 Å². The molecule has 0 atom stereocenters. The molecule has 1 N–H and O–H groups in total. The maximum Gasteiger partial charge on any atom is 0.260 e. The van der Waals surface area contributed by atoms with Crippen molar-refractivity contribution in [1.29, 1.82) is 0 Å². The Hall–Kier alpha value is -2.30. The van der Waals surface area contributed by atoms with E-state index in [0.29, 0.717) is 13.1 Å². The van der Waals surface area contributed by atoms with Crippen molar-refractivity contribution in [2.75, 3.05) is 13.2 Å². The van der Waals surface area contributed by atoms with E-state index in [4.69, 9.17) is 4.74 Å². The van der Waals surface area contributed by atoms with Gasteiger partial charge in [-0.2, -0.15) is 5.10 Å². The Bertz CT molecular complexity index is 621. The highest BCUT2D eigenvalue weighted by Crippen LogP contribution is 2.17. The van der Waals surface area contributed by atoms with Crippen LogP contribution in [-0.2, 0) is 17.8 Å². The zero-order valence-electron chi connectivity index (χ0n) is 11.4. The van der Waals surface area contributed by atoms with Crippen LogP contribution in [0.2, 0.25) is 0 Å². The molecule has 0 aliphatic carbocycles. The third kappa shape index (κ3) is 2.66. The molecule has 2 aromatic rings. The fourth-order valence-electron chi connectivity index (χ4n) is 2.38. The number of ether oxygens (including phenoxy) is 1. The van der Waals surface area contributed by atoms with Gasteiger partial charge in [-0.1, -0.05) is 12.1 Å². The van der Waals surface area contributed by atoms with Crippen LogP contribution in [0, 0.1) is 6.92 Å². The molecule has 0 fully saturated rings. The summed E-state index contributed by atoms with van der Waals surface area (Å²) in [6, 6.07) is 7.72. The highest BCUT2D eigenvalue weighted by Gasteiger charge is 2.22. The molecule has 5 nitrogen and oxygen atoms in total. The second-order valence-electron chi connectivity index (χ2n) is 5.04. The van der Waals surface area contributed by atoms with Crippen LogP contribution in [0.5, 0.6) is 5.75 Å². The molecule has 1 aromatic heterocycles. The fourth-order valence-corrected chi connectivity index (χ4v) is 2.38. The number of amides is 1. The van der Waals surface area contributed by atoms with E-state index in [1.165, 1.54) is 0 Å². The van der Waals surface area contributed by atoms with Crippen molar-refractivity contribution < 1.29 is 9.53 Å². The SMILES string of the molecule is Cc1cccc(OCC(=O)N2CCc3[nH]ncc3C2)c1. The highest BCUT2D eigenvalue weighted by atomic mass is 16.5. The van der Waals surface area contributed by atoms with Crippen LogP contribution in [0.4, 0.5) is 0 Å². The lowest BCUT2D eigenvalue weighted by atomic mass is 10.1. The molecule has 0 saturated carbocycles. The number of nitrogens with zero attached hydrogens (tertiary/aromatic N) is 2. The van der Waals surface area contributed by atoms with Crippen molar-refractivity contribution in [3.63, 3.8) is 0 Å². The predicted octanol–water partition coefficient (Wildman–Crippen LogP) is 1.68. The molecule has 0 spiro atoms. The van der Waals surface area contributed by atoms with Crippen LogP contribution >= 0.6 is 0 Å². The third-order valence-electron chi connectivity index (χ3n) is 3.50. The molecule has 0 unspecified atom stereocenters. The maximum absolute atomic E-state index is 12.2. The van der Waals surface area contributed by atoms with Crippen LogP contribution in [-0.4, -0.2) is 34.2 Å². The van der Waals surface area contributed by atoms with E-state index in [2.05, 4.69) is 10.2 Å². The topological polar surface area (TPSA) is 58.2 Å². The molecule has 1 amide bonds. The van der Waals surface area contributed by atoms with Crippen molar-refractivity contribution in [3.05, 3.63) is 47.3 Å². The number of aromatic nitrogens is 2. The second-order valence-corrected chi connectivity index (χ2v) is 5.04. The lowest BCUT2D eigenvalue weighted by molar-refractivity contribution is -0.134. The molecule has 0 bridgehead atoms. The number of rotatable bonds is 3. The Balaban J connectivity index is 1.58. The van der Waals surface area contributed by atoms with Crippen molar-refractivity contribution >= 4 is 5.91 Å². The number of carbonyl (C=O) groups excluding carboxylic acids is 1. The van der Waals surface area contributed by atoms with Crippen molar-refractivity contribution in [3.8, 4) is 5.75 Å². The zero-order chi connectivity index (χ0) is 13.9. The largest absolute Gasteiger partial charge is 0.484 e. The summed E-state index contributed by atoms with van der Waals surface area (Å²) in [5.41, 5.74) is 3.35. The molecule has 20 heavy (non-hydrogen) atoms. The molecule has 1 aromatic carbocycles. The molecule has 1 aliphatic rings. The van der Waals surface area contributed by atoms with Gasteiger partial charge in [-0.25, -0.2) is 0 Å². The van der Waals surface area contributed by atoms with Gasteiger partial charge in [0.05, 0.1) is 6.20 Å². The summed E-state index contributed by atoms with van der Waals surface area (Å²) < 4.78 is 5.56. The van der Waals surface area contributed by atoms with Crippen LogP contribution in [0.15, 0.2) is 30.5 Å². The first-order valence-electron chi connectivity index (χ1n) is 6.71. The molecule has 0 saturated heterocycles. The number of nitrogens with one attached hydrogen (secondary N) is 1. The van der Waals surface area contributed by atoms with Crippen molar-refractivity contribution in [2.24, 2.45) is 0 Å². The quantitative estimate of drug-likeness (QED) is 0.924. The third-order valence-corrected chi connectivity index (χ3v) is 3.50. The minimum Gasteiger partial charge on any atom is -0.484 e. The first kappa shape index (κ1) is 12.7. The highest BCUT2D eigenvalue weighted by molar-refractivity contribution is 5.78. The standard InChI is InChI=1S/C15H17N3O2/c1-11-3-2-4-13(7-11)20-10-15(19)18-6-5-14-12(9-18)8-16-17-14/h2-4,7-8H,5-6,9-10H2,1H3,(H,16,17). The van der Waals surface area contributed by atoms with Gasteiger partial charge in [0.15, 0.2) is 6.61 Å². The van der Waals surface area contributed by atoms with Gasteiger partial charge >= 0.3 is 0 Å². The average molecular weight is 271 g/mol. The molecule has 104 valence electrons. The van der Waals surface area contributed by atoms with E-state index < -0.39 is 0 Å². The number of carbonyl (C=O) groups is 1. The lowest BCUT2D eigenvalue weighted by Crippen LogP contribution is -2.38. The van der Waals surface area contributed by atoms with Gasteiger partial charge in [0.1, 0.15) is 5.75 Å². The number of hydrogen-bond acceptors (Lipinski definition) is 3. The van der Waals surface area contributed by atoms with E-state index in [-0.39, 0.29) is 12.5 Å². The predicted molar refractivity (Wildman–Crippen MR) is 74.4 cm³/mol. The van der Waals surface area contributed by atoms with Crippen LogP contribution in [0.1, 0.15) is 16.8 Å². The molecular formula is C15H17N3O2.